The summed E-state index contributed by atoms with van der Waals surface area (Å²) in [5.74, 6) is -0.343. The molecule has 194 valence electrons. The molecule has 2 aliphatic rings. The van der Waals surface area contributed by atoms with E-state index in [4.69, 9.17) is 9.72 Å². The molecule has 0 spiro atoms. The van der Waals surface area contributed by atoms with Crippen molar-refractivity contribution in [2.45, 2.75) is 44.4 Å². The van der Waals surface area contributed by atoms with Crippen LogP contribution in [0, 0.1) is 17.1 Å². The monoisotopic (exact) mass is 529 g/mol. The van der Waals surface area contributed by atoms with Crippen molar-refractivity contribution in [2.24, 2.45) is 0 Å². The van der Waals surface area contributed by atoms with Gasteiger partial charge in [0.2, 0.25) is 0 Å². The first kappa shape index (κ1) is 24.7. The molecule has 38 heavy (non-hydrogen) atoms. The Hall–Kier alpha value is -3.58. The number of fused-ring (bicyclic) bond motifs is 1. The second kappa shape index (κ2) is 9.31. The number of anilines is 2. The highest BCUT2D eigenvalue weighted by atomic mass is 32.1. The lowest BCUT2D eigenvalue weighted by molar-refractivity contribution is -0.102. The first-order valence-electron chi connectivity index (χ1n) is 12.8. The van der Waals surface area contributed by atoms with Crippen LogP contribution in [0.2, 0.25) is 0 Å². The molecule has 3 heterocycles. The largest absolute Gasteiger partial charge is 0.365 e. The lowest BCUT2D eigenvalue weighted by Gasteiger charge is -2.38. The smallest absolute Gasteiger partial charge is 0.258 e. The topological polar surface area (TPSA) is 83.2 Å². The van der Waals surface area contributed by atoms with Crippen molar-refractivity contribution >= 4 is 32.9 Å². The molecule has 2 atom stereocenters. The molecule has 1 aliphatic carbocycles. The molecular formula is C29H28FN5O2S. The van der Waals surface area contributed by atoms with Gasteiger partial charge >= 0.3 is 0 Å². The number of hydrogen-bond donors (Lipinski definition) is 1. The maximum Gasteiger partial charge on any atom is 0.258 e. The summed E-state index contributed by atoms with van der Waals surface area (Å²) in [7, 11) is 1.90. The van der Waals surface area contributed by atoms with Crippen LogP contribution >= 0.6 is 11.3 Å². The van der Waals surface area contributed by atoms with Gasteiger partial charge in [-0.3, -0.25) is 4.79 Å². The Labute approximate surface area is 224 Å². The molecule has 0 unspecified atom stereocenters. The Balaban J connectivity index is 1.50. The molecule has 2 aromatic heterocycles. The van der Waals surface area contributed by atoms with Gasteiger partial charge < -0.3 is 19.5 Å². The van der Waals surface area contributed by atoms with Gasteiger partial charge in [-0.1, -0.05) is 17.4 Å². The minimum atomic E-state index is -0.530. The number of pyridine rings is 1. The van der Waals surface area contributed by atoms with Gasteiger partial charge in [0.1, 0.15) is 28.1 Å². The number of ether oxygens (including phenoxy) is 1. The van der Waals surface area contributed by atoms with Gasteiger partial charge in [-0.2, -0.15) is 5.26 Å². The van der Waals surface area contributed by atoms with Crippen molar-refractivity contribution in [1.82, 2.24) is 14.9 Å². The number of rotatable bonds is 5. The Bertz CT molecular complexity index is 1640. The van der Waals surface area contributed by atoms with Crippen LogP contribution < -0.4 is 15.8 Å². The van der Waals surface area contributed by atoms with Crippen LogP contribution in [0.3, 0.4) is 0 Å². The fourth-order valence-corrected chi connectivity index (χ4v) is 6.07. The zero-order chi connectivity index (χ0) is 26.6. The molecule has 2 fully saturated rings. The summed E-state index contributed by atoms with van der Waals surface area (Å²) in [5.41, 5.74) is 2.49. The molecule has 0 bridgehead atoms. The van der Waals surface area contributed by atoms with E-state index in [1.165, 1.54) is 23.5 Å². The molecular weight excluding hydrogens is 501 g/mol. The van der Waals surface area contributed by atoms with Crippen molar-refractivity contribution < 1.29 is 9.13 Å². The Kier molecular flexibility index (Phi) is 6.06. The fourth-order valence-electron chi connectivity index (χ4n) is 5.21. The third-order valence-corrected chi connectivity index (χ3v) is 8.45. The van der Waals surface area contributed by atoms with Gasteiger partial charge in [0.05, 0.1) is 11.8 Å². The Morgan fingerprint density at radius 1 is 1.24 bits per heavy atom. The molecule has 1 aliphatic heterocycles. The second-order valence-corrected chi connectivity index (χ2v) is 11.3. The molecule has 6 rings (SSSR count). The molecule has 1 N–H and O–H groups in total. The van der Waals surface area contributed by atoms with Crippen LogP contribution in [-0.2, 0) is 10.3 Å². The lowest BCUT2D eigenvalue weighted by Crippen LogP contribution is -2.49. The summed E-state index contributed by atoms with van der Waals surface area (Å²) in [6.07, 6.45) is 3.94. The van der Waals surface area contributed by atoms with Gasteiger partial charge in [0, 0.05) is 48.7 Å². The van der Waals surface area contributed by atoms with Crippen molar-refractivity contribution in [3.8, 4) is 17.3 Å². The molecule has 2 aromatic carbocycles. The molecule has 0 amide bonds. The van der Waals surface area contributed by atoms with E-state index in [-0.39, 0.29) is 23.5 Å². The van der Waals surface area contributed by atoms with E-state index in [1.54, 1.807) is 12.1 Å². The van der Waals surface area contributed by atoms with Crippen LogP contribution in [0.1, 0.15) is 43.2 Å². The zero-order valence-electron chi connectivity index (χ0n) is 21.5. The fraction of sp³-hybridized carbons (Fsp3) is 0.345. The van der Waals surface area contributed by atoms with Crippen molar-refractivity contribution in [3.63, 3.8) is 0 Å². The molecule has 4 aromatic rings. The first-order valence-corrected chi connectivity index (χ1v) is 13.6. The van der Waals surface area contributed by atoms with E-state index < -0.39 is 5.60 Å². The summed E-state index contributed by atoms with van der Waals surface area (Å²) in [4.78, 5) is 20.6. The highest BCUT2D eigenvalue weighted by Gasteiger charge is 2.34. The number of nitriles is 1. The van der Waals surface area contributed by atoms with Gasteiger partial charge in [-0.15, -0.1) is 0 Å². The predicted molar refractivity (Wildman–Crippen MR) is 148 cm³/mol. The highest BCUT2D eigenvalue weighted by molar-refractivity contribution is 7.16. The van der Waals surface area contributed by atoms with Gasteiger partial charge in [0.25, 0.3) is 5.56 Å². The van der Waals surface area contributed by atoms with E-state index in [1.807, 2.05) is 41.8 Å². The number of aromatic nitrogens is 2. The van der Waals surface area contributed by atoms with Gasteiger partial charge in [-0.25, -0.2) is 9.37 Å². The number of nitrogens with zero attached hydrogens (tertiary/aromatic N) is 4. The average molecular weight is 530 g/mol. The van der Waals surface area contributed by atoms with Crippen molar-refractivity contribution in [3.05, 3.63) is 75.3 Å². The maximum absolute atomic E-state index is 13.5. The maximum atomic E-state index is 13.5. The lowest BCUT2D eigenvalue weighted by atomic mass is 9.91. The van der Waals surface area contributed by atoms with Crippen molar-refractivity contribution in [2.75, 3.05) is 25.0 Å². The molecule has 9 heteroatoms. The molecule has 0 radical (unpaired) electrons. The Morgan fingerprint density at radius 2 is 2.00 bits per heavy atom. The van der Waals surface area contributed by atoms with E-state index in [2.05, 4.69) is 24.4 Å². The van der Waals surface area contributed by atoms with Gasteiger partial charge in [0.15, 0.2) is 5.13 Å². The number of halogens is 1. The molecule has 7 nitrogen and oxygen atoms in total. The third kappa shape index (κ3) is 4.29. The summed E-state index contributed by atoms with van der Waals surface area (Å²) >= 11 is 1.27. The summed E-state index contributed by atoms with van der Waals surface area (Å²) in [5, 5.41) is 15.3. The number of benzene rings is 2. The number of hydrogen-bond acceptors (Lipinski definition) is 7. The minimum Gasteiger partial charge on any atom is -0.365 e. The highest BCUT2D eigenvalue weighted by Crippen LogP contribution is 2.41. The van der Waals surface area contributed by atoms with Crippen LogP contribution in [-0.4, -0.2) is 35.8 Å². The average Bonchev–Trinajstić information content (AvgIpc) is 3.66. The summed E-state index contributed by atoms with van der Waals surface area (Å²) < 4.78 is 21.7. The summed E-state index contributed by atoms with van der Waals surface area (Å²) in [6, 6.07) is 14.4. The standard InChI is InChI=1S/C29H28FN5O2S/c1-17-14-32-16-29(2,37-17)19-6-11-22-23(12-19)24(15-35(27(22)36)21-9-10-21)34(3)28-33-26(25(13-31)38-28)18-4-7-20(30)8-5-18/h4-8,11-12,15,17,21,32H,9-10,14,16H2,1-3H3/t17-,29-/m1/s1. The van der Waals surface area contributed by atoms with Crippen molar-refractivity contribution in [1.29, 1.82) is 5.26 Å². The predicted octanol–water partition coefficient (Wildman–Crippen LogP) is 5.46. The zero-order valence-corrected chi connectivity index (χ0v) is 22.3. The van der Waals surface area contributed by atoms with Crippen LogP contribution in [0.4, 0.5) is 15.2 Å². The van der Waals surface area contributed by atoms with E-state index >= 15 is 0 Å². The first-order chi connectivity index (χ1) is 18.3. The van der Waals surface area contributed by atoms with Crippen LogP contribution in [0.5, 0.6) is 0 Å². The second-order valence-electron chi connectivity index (χ2n) is 10.4. The number of thiazole rings is 1. The molecule has 1 saturated carbocycles. The normalized spacial score (nSPS) is 21.4. The third-order valence-electron chi connectivity index (χ3n) is 7.41. The Morgan fingerprint density at radius 3 is 2.68 bits per heavy atom. The van der Waals surface area contributed by atoms with E-state index in [0.717, 1.165) is 36.0 Å². The minimum absolute atomic E-state index is 0.00346. The summed E-state index contributed by atoms with van der Waals surface area (Å²) in [6.45, 7) is 5.59. The number of nitrogens with one attached hydrogen (secondary N) is 1. The van der Waals surface area contributed by atoms with E-state index in [0.29, 0.717) is 33.2 Å². The SMILES string of the molecule is C[C@@H]1CNC[C@](C)(c2ccc3c(=O)n(C4CC4)cc(N(C)c4nc(-c5ccc(F)cc5)c(C#N)s4)c3c2)O1. The number of morpholine rings is 1. The molecule has 1 saturated heterocycles. The van der Waals surface area contributed by atoms with Crippen LogP contribution in [0.25, 0.3) is 22.0 Å². The van der Waals surface area contributed by atoms with Gasteiger partial charge in [-0.05, 0) is 68.7 Å². The quantitative estimate of drug-likeness (QED) is 0.370. The van der Waals surface area contributed by atoms with E-state index in [9.17, 15) is 14.4 Å². The van der Waals surface area contributed by atoms with Crippen LogP contribution in [0.15, 0.2) is 53.5 Å².